The molecule has 1 aliphatic carbocycles. The highest BCUT2D eigenvalue weighted by Crippen LogP contribution is 2.27. The molecule has 2 unspecified atom stereocenters. The summed E-state index contributed by atoms with van der Waals surface area (Å²) in [7, 11) is 0. The third-order valence-electron chi connectivity index (χ3n) is 3.93. The molecule has 1 saturated heterocycles. The molecule has 1 saturated carbocycles. The summed E-state index contributed by atoms with van der Waals surface area (Å²) >= 11 is 2.13. The Hall–Kier alpha value is 0.270. The van der Waals surface area contributed by atoms with Crippen molar-refractivity contribution >= 4 is 11.8 Å². The van der Waals surface area contributed by atoms with E-state index >= 15 is 0 Å². The van der Waals surface area contributed by atoms with Gasteiger partial charge in [-0.2, -0.15) is 11.8 Å². The molecular weight excluding hydrogens is 216 g/mol. The van der Waals surface area contributed by atoms with Crippen LogP contribution in [0.4, 0.5) is 0 Å². The molecule has 3 heteroatoms. The molecule has 1 heterocycles. The Balaban J connectivity index is 1.78. The first-order valence-electron chi connectivity index (χ1n) is 6.93. The monoisotopic (exact) mass is 242 g/mol. The van der Waals surface area contributed by atoms with Gasteiger partial charge in [0.15, 0.2) is 0 Å². The minimum Gasteiger partial charge on any atom is -0.314 e. The van der Waals surface area contributed by atoms with Crippen molar-refractivity contribution in [3.63, 3.8) is 0 Å². The minimum absolute atomic E-state index is 0.806. The SMILES string of the molecule is CCNC1CCCC1CN1CCCSCC1. The van der Waals surface area contributed by atoms with Gasteiger partial charge in [-0.15, -0.1) is 0 Å². The number of nitrogens with zero attached hydrogens (tertiary/aromatic N) is 1. The summed E-state index contributed by atoms with van der Waals surface area (Å²) in [4.78, 5) is 2.71. The van der Waals surface area contributed by atoms with Gasteiger partial charge in [0.05, 0.1) is 0 Å². The maximum atomic E-state index is 3.67. The molecule has 0 aromatic carbocycles. The lowest BCUT2D eigenvalue weighted by Crippen LogP contribution is -2.40. The standard InChI is InChI=1S/C13H26N2S/c1-2-14-13-6-3-5-12(13)11-15-7-4-9-16-10-8-15/h12-14H,2-11H2,1H3. The smallest absolute Gasteiger partial charge is 0.0107 e. The summed E-state index contributed by atoms with van der Waals surface area (Å²) in [6, 6.07) is 0.806. The summed E-state index contributed by atoms with van der Waals surface area (Å²) < 4.78 is 0. The summed E-state index contributed by atoms with van der Waals surface area (Å²) in [6.45, 7) is 7.37. The zero-order chi connectivity index (χ0) is 11.2. The van der Waals surface area contributed by atoms with Crippen LogP contribution in [0, 0.1) is 5.92 Å². The minimum atomic E-state index is 0.806. The van der Waals surface area contributed by atoms with E-state index in [1.165, 1.54) is 56.8 Å². The molecule has 2 nitrogen and oxygen atoms in total. The third-order valence-corrected chi connectivity index (χ3v) is 4.98. The van der Waals surface area contributed by atoms with Gasteiger partial charge >= 0.3 is 0 Å². The van der Waals surface area contributed by atoms with Crippen molar-refractivity contribution in [2.45, 2.75) is 38.6 Å². The first kappa shape index (κ1) is 12.7. The van der Waals surface area contributed by atoms with Gasteiger partial charge in [-0.1, -0.05) is 13.3 Å². The van der Waals surface area contributed by atoms with Crippen molar-refractivity contribution in [2.75, 3.05) is 37.7 Å². The van der Waals surface area contributed by atoms with E-state index in [-0.39, 0.29) is 0 Å². The molecule has 0 radical (unpaired) electrons. The van der Waals surface area contributed by atoms with E-state index < -0.39 is 0 Å². The predicted molar refractivity (Wildman–Crippen MR) is 73.2 cm³/mol. The van der Waals surface area contributed by atoms with Crippen molar-refractivity contribution in [3.05, 3.63) is 0 Å². The van der Waals surface area contributed by atoms with Crippen LogP contribution in [0.5, 0.6) is 0 Å². The lowest BCUT2D eigenvalue weighted by atomic mass is 10.0. The molecule has 2 atom stereocenters. The summed E-state index contributed by atoms with van der Waals surface area (Å²) in [5.41, 5.74) is 0. The largest absolute Gasteiger partial charge is 0.314 e. The van der Waals surface area contributed by atoms with E-state index in [2.05, 4.69) is 28.9 Å². The fraction of sp³-hybridized carbons (Fsp3) is 1.00. The number of rotatable bonds is 4. The van der Waals surface area contributed by atoms with Crippen LogP contribution in [-0.2, 0) is 0 Å². The van der Waals surface area contributed by atoms with Crippen LogP contribution >= 0.6 is 11.8 Å². The second kappa shape index (κ2) is 6.87. The van der Waals surface area contributed by atoms with Crippen LogP contribution in [0.1, 0.15) is 32.6 Å². The van der Waals surface area contributed by atoms with Gasteiger partial charge in [0.25, 0.3) is 0 Å². The van der Waals surface area contributed by atoms with E-state index in [4.69, 9.17) is 0 Å². The molecule has 0 amide bonds. The highest BCUT2D eigenvalue weighted by molar-refractivity contribution is 7.99. The zero-order valence-corrected chi connectivity index (χ0v) is 11.4. The molecule has 0 spiro atoms. The first-order chi connectivity index (χ1) is 7.90. The van der Waals surface area contributed by atoms with Crippen LogP contribution in [0.2, 0.25) is 0 Å². The number of hydrogen-bond donors (Lipinski definition) is 1. The van der Waals surface area contributed by atoms with Gasteiger partial charge in [0.2, 0.25) is 0 Å². The maximum absolute atomic E-state index is 3.67. The van der Waals surface area contributed by atoms with Crippen molar-refractivity contribution in [3.8, 4) is 0 Å². The first-order valence-corrected chi connectivity index (χ1v) is 8.09. The summed E-state index contributed by atoms with van der Waals surface area (Å²) in [6.07, 6.45) is 5.68. The van der Waals surface area contributed by atoms with Gasteiger partial charge in [-0.05, 0) is 44.0 Å². The van der Waals surface area contributed by atoms with Crippen molar-refractivity contribution in [1.82, 2.24) is 10.2 Å². The van der Waals surface area contributed by atoms with E-state index in [0.717, 1.165) is 18.5 Å². The molecule has 2 aliphatic rings. The molecule has 0 bridgehead atoms. The second-order valence-corrected chi connectivity index (χ2v) is 6.35. The van der Waals surface area contributed by atoms with E-state index in [0.29, 0.717) is 0 Å². The van der Waals surface area contributed by atoms with Crippen molar-refractivity contribution in [1.29, 1.82) is 0 Å². The average molecular weight is 242 g/mol. The zero-order valence-electron chi connectivity index (χ0n) is 10.6. The van der Waals surface area contributed by atoms with Crippen molar-refractivity contribution < 1.29 is 0 Å². The Kier molecular flexibility index (Phi) is 5.46. The van der Waals surface area contributed by atoms with Gasteiger partial charge in [-0.25, -0.2) is 0 Å². The fourth-order valence-corrected chi connectivity index (χ4v) is 4.02. The number of hydrogen-bond acceptors (Lipinski definition) is 3. The maximum Gasteiger partial charge on any atom is 0.0107 e. The lowest BCUT2D eigenvalue weighted by Gasteiger charge is -2.27. The van der Waals surface area contributed by atoms with E-state index in [1.807, 2.05) is 0 Å². The van der Waals surface area contributed by atoms with Gasteiger partial charge in [0.1, 0.15) is 0 Å². The Morgan fingerprint density at radius 1 is 1.19 bits per heavy atom. The quantitative estimate of drug-likeness (QED) is 0.814. The third kappa shape index (κ3) is 3.64. The highest BCUT2D eigenvalue weighted by atomic mass is 32.2. The van der Waals surface area contributed by atoms with Crippen LogP contribution < -0.4 is 5.32 Å². The van der Waals surface area contributed by atoms with Gasteiger partial charge < -0.3 is 10.2 Å². The topological polar surface area (TPSA) is 15.3 Å². The van der Waals surface area contributed by atoms with Crippen LogP contribution in [0.25, 0.3) is 0 Å². The molecule has 94 valence electrons. The van der Waals surface area contributed by atoms with Gasteiger partial charge in [-0.3, -0.25) is 0 Å². The number of nitrogens with one attached hydrogen (secondary N) is 1. The lowest BCUT2D eigenvalue weighted by molar-refractivity contribution is 0.227. The molecule has 2 fully saturated rings. The molecular formula is C13H26N2S. The highest BCUT2D eigenvalue weighted by Gasteiger charge is 2.28. The molecule has 1 aliphatic heterocycles. The Labute approximate surface area is 105 Å². The van der Waals surface area contributed by atoms with E-state index in [9.17, 15) is 0 Å². The Bertz CT molecular complexity index is 190. The van der Waals surface area contributed by atoms with Crippen LogP contribution in [-0.4, -0.2) is 48.6 Å². The number of thioether (sulfide) groups is 1. The summed E-state index contributed by atoms with van der Waals surface area (Å²) in [5, 5.41) is 3.67. The normalized spacial score (nSPS) is 32.8. The molecule has 0 aromatic heterocycles. The second-order valence-electron chi connectivity index (χ2n) is 5.12. The molecule has 2 rings (SSSR count). The van der Waals surface area contributed by atoms with Crippen LogP contribution in [0.3, 0.4) is 0 Å². The Morgan fingerprint density at radius 3 is 3.00 bits per heavy atom. The van der Waals surface area contributed by atoms with E-state index in [1.54, 1.807) is 0 Å². The Morgan fingerprint density at radius 2 is 2.12 bits per heavy atom. The molecule has 1 N–H and O–H groups in total. The van der Waals surface area contributed by atoms with Gasteiger partial charge in [0, 0.05) is 24.9 Å². The average Bonchev–Trinajstić information content (AvgIpc) is 2.56. The van der Waals surface area contributed by atoms with Crippen LogP contribution in [0.15, 0.2) is 0 Å². The molecule has 0 aromatic rings. The predicted octanol–water partition coefficient (Wildman–Crippen LogP) is 2.20. The fourth-order valence-electron chi connectivity index (χ4n) is 3.10. The summed E-state index contributed by atoms with van der Waals surface area (Å²) in [5.74, 6) is 3.64. The van der Waals surface area contributed by atoms with Crippen molar-refractivity contribution in [2.24, 2.45) is 5.92 Å². The molecule has 16 heavy (non-hydrogen) atoms.